The van der Waals surface area contributed by atoms with Crippen LogP contribution in [-0.2, 0) is 11.3 Å². The lowest BCUT2D eigenvalue weighted by atomic mass is 10.2. The van der Waals surface area contributed by atoms with Crippen molar-refractivity contribution in [1.82, 2.24) is 10.6 Å². The second kappa shape index (κ2) is 6.86. The molecule has 0 heterocycles. The van der Waals surface area contributed by atoms with Crippen molar-refractivity contribution in [2.75, 3.05) is 0 Å². The van der Waals surface area contributed by atoms with Crippen molar-refractivity contribution >= 4 is 23.6 Å². The third-order valence-corrected chi connectivity index (χ3v) is 2.78. The highest BCUT2D eigenvalue weighted by Crippen LogP contribution is 2.14. The van der Waals surface area contributed by atoms with Crippen LogP contribution in [0.3, 0.4) is 0 Å². The zero-order valence-electron chi connectivity index (χ0n) is 9.94. The summed E-state index contributed by atoms with van der Waals surface area (Å²) in [6.07, 6.45) is 0.328. The van der Waals surface area contributed by atoms with Gasteiger partial charge in [0.05, 0.1) is 0 Å². The molecule has 0 unspecified atom stereocenters. The highest BCUT2D eigenvalue weighted by molar-refractivity contribution is 6.31. The van der Waals surface area contributed by atoms with Crippen molar-refractivity contribution in [2.24, 2.45) is 0 Å². The maximum absolute atomic E-state index is 11.5. The van der Waals surface area contributed by atoms with Gasteiger partial charge in [-0.1, -0.05) is 36.7 Å². The number of rotatable bonds is 5. The number of halogens is 1. The summed E-state index contributed by atoms with van der Waals surface area (Å²) >= 11 is 5.93. The van der Waals surface area contributed by atoms with Crippen LogP contribution in [0, 0.1) is 0 Å². The number of nitrogens with one attached hydrogen (secondary N) is 2. The Morgan fingerprint density at radius 3 is 2.61 bits per heavy atom. The van der Waals surface area contributed by atoms with E-state index in [0.29, 0.717) is 11.4 Å². The lowest BCUT2D eigenvalue weighted by molar-refractivity contribution is -0.139. The summed E-state index contributed by atoms with van der Waals surface area (Å²) in [4.78, 5) is 22.2. The molecule has 1 rings (SSSR count). The number of hydrogen-bond donors (Lipinski definition) is 3. The molecule has 1 aromatic carbocycles. The quantitative estimate of drug-likeness (QED) is 0.766. The molecular weight excluding hydrogens is 256 g/mol. The molecule has 0 radical (unpaired) electrons. The average molecular weight is 271 g/mol. The Hall–Kier alpha value is -1.75. The van der Waals surface area contributed by atoms with Gasteiger partial charge in [-0.2, -0.15) is 0 Å². The fraction of sp³-hybridized carbons (Fsp3) is 0.333. The number of carbonyl (C=O) groups excluding carboxylic acids is 1. The Labute approximate surface area is 110 Å². The second-order valence-corrected chi connectivity index (χ2v) is 4.12. The zero-order valence-corrected chi connectivity index (χ0v) is 10.7. The van der Waals surface area contributed by atoms with E-state index >= 15 is 0 Å². The van der Waals surface area contributed by atoms with Crippen LogP contribution in [0.4, 0.5) is 4.79 Å². The van der Waals surface area contributed by atoms with E-state index in [9.17, 15) is 9.59 Å². The Balaban J connectivity index is 2.47. The van der Waals surface area contributed by atoms with E-state index < -0.39 is 18.0 Å². The van der Waals surface area contributed by atoms with Gasteiger partial charge < -0.3 is 15.7 Å². The van der Waals surface area contributed by atoms with E-state index in [1.54, 1.807) is 25.1 Å². The van der Waals surface area contributed by atoms with E-state index in [1.165, 1.54) is 0 Å². The van der Waals surface area contributed by atoms with Gasteiger partial charge in [-0.15, -0.1) is 0 Å². The molecule has 6 heteroatoms. The van der Waals surface area contributed by atoms with Crippen molar-refractivity contribution in [3.8, 4) is 0 Å². The molecular formula is C12H15ClN2O3. The van der Waals surface area contributed by atoms with Crippen molar-refractivity contribution in [2.45, 2.75) is 25.9 Å². The minimum Gasteiger partial charge on any atom is -0.480 e. The van der Waals surface area contributed by atoms with Crippen LogP contribution in [0.5, 0.6) is 0 Å². The van der Waals surface area contributed by atoms with Crippen LogP contribution in [0.15, 0.2) is 24.3 Å². The summed E-state index contributed by atoms with van der Waals surface area (Å²) in [6.45, 7) is 1.94. The summed E-state index contributed by atoms with van der Waals surface area (Å²) in [5.41, 5.74) is 0.776. The molecule has 0 saturated carbocycles. The number of amides is 2. The molecule has 0 saturated heterocycles. The van der Waals surface area contributed by atoms with Gasteiger partial charge in [-0.25, -0.2) is 9.59 Å². The first kappa shape index (κ1) is 14.3. The minimum atomic E-state index is -1.05. The van der Waals surface area contributed by atoms with Crippen LogP contribution in [0.25, 0.3) is 0 Å². The Morgan fingerprint density at radius 1 is 1.39 bits per heavy atom. The van der Waals surface area contributed by atoms with Gasteiger partial charge in [-0.05, 0) is 18.1 Å². The maximum atomic E-state index is 11.5. The third kappa shape index (κ3) is 4.25. The predicted octanol–water partition coefficient (Wildman–Crippen LogP) is 2.00. The van der Waals surface area contributed by atoms with Crippen molar-refractivity contribution in [1.29, 1.82) is 0 Å². The number of benzene rings is 1. The second-order valence-electron chi connectivity index (χ2n) is 3.72. The summed E-state index contributed by atoms with van der Waals surface area (Å²) in [5.74, 6) is -1.05. The molecule has 0 aliphatic rings. The molecule has 5 nitrogen and oxygen atoms in total. The highest BCUT2D eigenvalue weighted by Gasteiger charge is 2.17. The molecule has 3 N–H and O–H groups in total. The standard InChI is InChI=1S/C12H15ClN2O3/c1-2-10(11(16)17)15-12(18)14-7-8-5-3-4-6-9(8)13/h3-6,10H,2,7H2,1H3,(H,16,17)(H2,14,15,18)/t10-/m0/s1. The number of hydrogen-bond acceptors (Lipinski definition) is 2. The number of carboxylic acid groups (broad SMARTS) is 1. The smallest absolute Gasteiger partial charge is 0.326 e. The molecule has 98 valence electrons. The normalized spacial score (nSPS) is 11.7. The first-order valence-corrected chi connectivity index (χ1v) is 5.93. The largest absolute Gasteiger partial charge is 0.480 e. The molecule has 0 aliphatic heterocycles. The van der Waals surface area contributed by atoms with Gasteiger partial charge in [0.2, 0.25) is 0 Å². The molecule has 1 atom stereocenters. The maximum Gasteiger partial charge on any atom is 0.326 e. The molecule has 0 aromatic heterocycles. The Kier molecular flexibility index (Phi) is 5.45. The van der Waals surface area contributed by atoms with Crippen molar-refractivity contribution in [3.63, 3.8) is 0 Å². The van der Waals surface area contributed by atoms with Gasteiger partial charge in [0, 0.05) is 11.6 Å². The predicted molar refractivity (Wildman–Crippen MR) is 68.5 cm³/mol. The minimum absolute atomic E-state index is 0.252. The zero-order chi connectivity index (χ0) is 13.5. The fourth-order valence-electron chi connectivity index (χ4n) is 1.36. The fourth-order valence-corrected chi connectivity index (χ4v) is 1.57. The van der Waals surface area contributed by atoms with E-state index in [4.69, 9.17) is 16.7 Å². The molecule has 2 amide bonds. The van der Waals surface area contributed by atoms with Gasteiger partial charge in [0.15, 0.2) is 0 Å². The molecule has 0 fully saturated rings. The van der Waals surface area contributed by atoms with Crippen molar-refractivity contribution < 1.29 is 14.7 Å². The summed E-state index contributed by atoms with van der Waals surface area (Å²) in [6, 6.07) is 5.72. The third-order valence-electron chi connectivity index (χ3n) is 2.41. The summed E-state index contributed by atoms with van der Waals surface area (Å²) in [7, 11) is 0. The molecule has 0 bridgehead atoms. The first-order valence-electron chi connectivity index (χ1n) is 5.55. The van der Waals surface area contributed by atoms with Crippen molar-refractivity contribution in [3.05, 3.63) is 34.9 Å². The van der Waals surface area contributed by atoms with E-state index in [0.717, 1.165) is 5.56 Å². The van der Waals surface area contributed by atoms with Gasteiger partial charge in [0.25, 0.3) is 0 Å². The van der Waals surface area contributed by atoms with Crippen LogP contribution >= 0.6 is 11.6 Å². The SMILES string of the molecule is CC[C@H](NC(=O)NCc1ccccc1Cl)C(=O)O. The molecule has 1 aromatic rings. The van der Waals surface area contributed by atoms with Crippen LogP contribution in [0.2, 0.25) is 5.02 Å². The first-order chi connectivity index (χ1) is 8.54. The van der Waals surface area contributed by atoms with Gasteiger partial charge in [-0.3, -0.25) is 0 Å². The molecule has 18 heavy (non-hydrogen) atoms. The Bertz CT molecular complexity index is 437. The van der Waals surface area contributed by atoms with E-state index in [1.807, 2.05) is 6.07 Å². The van der Waals surface area contributed by atoms with E-state index in [-0.39, 0.29) is 6.54 Å². The van der Waals surface area contributed by atoms with Crippen LogP contribution < -0.4 is 10.6 Å². The number of aliphatic carboxylic acids is 1. The lowest BCUT2D eigenvalue weighted by Crippen LogP contribution is -2.45. The van der Waals surface area contributed by atoms with Gasteiger partial charge in [0.1, 0.15) is 6.04 Å². The number of urea groups is 1. The lowest BCUT2D eigenvalue weighted by Gasteiger charge is -2.13. The van der Waals surface area contributed by atoms with Crippen LogP contribution in [0.1, 0.15) is 18.9 Å². The Morgan fingerprint density at radius 2 is 2.06 bits per heavy atom. The molecule has 0 aliphatic carbocycles. The topological polar surface area (TPSA) is 78.4 Å². The summed E-state index contributed by atoms with van der Waals surface area (Å²) < 4.78 is 0. The number of carboxylic acids is 1. The van der Waals surface area contributed by atoms with E-state index in [2.05, 4.69) is 10.6 Å². The average Bonchev–Trinajstić information content (AvgIpc) is 2.34. The van der Waals surface area contributed by atoms with Crippen LogP contribution in [-0.4, -0.2) is 23.1 Å². The monoisotopic (exact) mass is 270 g/mol. The number of carbonyl (C=O) groups is 2. The summed E-state index contributed by atoms with van der Waals surface area (Å²) in [5, 5.41) is 14.3. The van der Waals surface area contributed by atoms with Gasteiger partial charge >= 0.3 is 12.0 Å². The highest BCUT2D eigenvalue weighted by atomic mass is 35.5. The molecule has 0 spiro atoms.